The standard InChI is InChI=1S/C20H19F3N4O4/c1-10(26-19(24)28)8-29-13-4-14(21)17(25-7-13)18-27-15-3-2-12(5-16(15)31-18)30-9-11-6-20(11,22)23/h2-5,7,10-11H,6,8-9H2,1H3,(H3,24,26,28). The molecule has 1 saturated carbocycles. The fraction of sp³-hybridized carbons (Fsp3) is 0.350. The zero-order valence-electron chi connectivity index (χ0n) is 16.4. The molecule has 164 valence electrons. The summed E-state index contributed by atoms with van der Waals surface area (Å²) in [4.78, 5) is 19.0. The SMILES string of the molecule is CC(COc1cnc(-c2nc3ccc(OCC4CC4(F)F)cc3o2)c(F)c1)NC(N)=O. The molecule has 2 atom stereocenters. The molecule has 31 heavy (non-hydrogen) atoms. The number of hydrogen-bond acceptors (Lipinski definition) is 6. The Morgan fingerprint density at radius 2 is 2.13 bits per heavy atom. The minimum atomic E-state index is -2.65. The largest absolute Gasteiger partial charge is 0.493 e. The molecule has 2 unspecified atom stereocenters. The van der Waals surface area contributed by atoms with Gasteiger partial charge < -0.3 is 24.9 Å². The van der Waals surface area contributed by atoms with Gasteiger partial charge in [-0.1, -0.05) is 0 Å². The van der Waals surface area contributed by atoms with Crippen molar-refractivity contribution in [3.63, 3.8) is 0 Å². The minimum absolute atomic E-state index is 0.0475. The number of carbonyl (C=O) groups is 1. The predicted molar refractivity (Wildman–Crippen MR) is 103 cm³/mol. The minimum Gasteiger partial charge on any atom is -0.493 e. The highest BCUT2D eigenvalue weighted by Gasteiger charge is 2.57. The van der Waals surface area contributed by atoms with Crippen LogP contribution in [0.2, 0.25) is 0 Å². The van der Waals surface area contributed by atoms with Crippen LogP contribution in [0, 0.1) is 11.7 Å². The molecule has 1 fully saturated rings. The number of nitrogens with two attached hydrogens (primary N) is 1. The Labute approximate surface area is 174 Å². The Balaban J connectivity index is 1.44. The fourth-order valence-corrected chi connectivity index (χ4v) is 2.91. The number of benzene rings is 1. The molecule has 0 bridgehead atoms. The van der Waals surface area contributed by atoms with Crippen LogP contribution in [0.4, 0.5) is 18.0 Å². The fourth-order valence-electron chi connectivity index (χ4n) is 2.91. The maximum absolute atomic E-state index is 14.5. The number of rotatable bonds is 8. The van der Waals surface area contributed by atoms with Crippen molar-refractivity contribution in [1.29, 1.82) is 0 Å². The van der Waals surface area contributed by atoms with Gasteiger partial charge in [-0.2, -0.15) is 0 Å². The lowest BCUT2D eigenvalue weighted by Gasteiger charge is -2.13. The molecule has 4 rings (SSSR count). The summed E-state index contributed by atoms with van der Waals surface area (Å²) in [5, 5.41) is 2.43. The van der Waals surface area contributed by atoms with E-state index in [1.54, 1.807) is 19.1 Å². The molecule has 3 aromatic rings. The third-order valence-corrected chi connectivity index (χ3v) is 4.67. The molecule has 11 heteroatoms. The van der Waals surface area contributed by atoms with Crippen LogP contribution in [0.15, 0.2) is 34.9 Å². The van der Waals surface area contributed by atoms with E-state index in [0.29, 0.717) is 16.8 Å². The number of primary amides is 1. The van der Waals surface area contributed by atoms with Crippen LogP contribution >= 0.6 is 0 Å². The van der Waals surface area contributed by atoms with Crippen molar-refractivity contribution >= 4 is 17.1 Å². The van der Waals surface area contributed by atoms with Crippen molar-refractivity contribution in [2.75, 3.05) is 13.2 Å². The molecule has 8 nitrogen and oxygen atoms in total. The number of oxazole rings is 1. The Kier molecular flexibility index (Phi) is 5.34. The van der Waals surface area contributed by atoms with Crippen molar-refractivity contribution in [3.05, 3.63) is 36.3 Å². The number of nitrogens with zero attached hydrogens (tertiary/aromatic N) is 2. The molecule has 2 aromatic heterocycles. The van der Waals surface area contributed by atoms with E-state index in [1.807, 2.05) is 0 Å². The zero-order chi connectivity index (χ0) is 22.2. The van der Waals surface area contributed by atoms with Crippen molar-refractivity contribution in [2.24, 2.45) is 11.7 Å². The number of ether oxygens (including phenoxy) is 2. The van der Waals surface area contributed by atoms with E-state index in [4.69, 9.17) is 19.6 Å². The van der Waals surface area contributed by atoms with E-state index in [9.17, 15) is 18.0 Å². The summed E-state index contributed by atoms with van der Waals surface area (Å²) in [7, 11) is 0. The van der Waals surface area contributed by atoms with Gasteiger partial charge >= 0.3 is 6.03 Å². The highest BCUT2D eigenvalue weighted by atomic mass is 19.3. The summed E-state index contributed by atoms with van der Waals surface area (Å²) in [5.74, 6) is -3.68. The predicted octanol–water partition coefficient (Wildman–Crippen LogP) is 3.50. The van der Waals surface area contributed by atoms with Crippen molar-refractivity contribution in [3.8, 4) is 23.1 Å². The lowest BCUT2D eigenvalue weighted by Crippen LogP contribution is -2.40. The molecule has 1 aliphatic rings. The number of fused-ring (bicyclic) bond motifs is 1. The van der Waals surface area contributed by atoms with Gasteiger partial charge in [-0.05, 0) is 19.1 Å². The van der Waals surface area contributed by atoms with E-state index >= 15 is 0 Å². The average Bonchev–Trinajstić information content (AvgIpc) is 3.11. The van der Waals surface area contributed by atoms with Gasteiger partial charge in [0.05, 0.1) is 24.8 Å². The van der Waals surface area contributed by atoms with Gasteiger partial charge in [-0.25, -0.2) is 27.9 Å². The molecule has 2 heterocycles. The smallest absolute Gasteiger partial charge is 0.312 e. The number of halogens is 3. The number of hydrogen-bond donors (Lipinski definition) is 2. The Bertz CT molecular complexity index is 1120. The molecule has 0 spiro atoms. The van der Waals surface area contributed by atoms with Gasteiger partial charge in [0.1, 0.15) is 23.6 Å². The van der Waals surface area contributed by atoms with Crippen LogP contribution < -0.4 is 20.5 Å². The maximum atomic E-state index is 14.5. The second-order valence-corrected chi connectivity index (χ2v) is 7.34. The number of nitrogens with one attached hydrogen (secondary N) is 1. The van der Waals surface area contributed by atoms with Gasteiger partial charge in [-0.15, -0.1) is 0 Å². The number of urea groups is 1. The van der Waals surface area contributed by atoms with Crippen LogP contribution in [-0.4, -0.2) is 41.2 Å². The summed E-state index contributed by atoms with van der Waals surface area (Å²) in [6.45, 7) is 1.65. The average molecular weight is 436 g/mol. The third kappa shape index (κ3) is 4.81. The second kappa shape index (κ2) is 7.97. The van der Waals surface area contributed by atoms with Crippen LogP contribution in [0.25, 0.3) is 22.7 Å². The van der Waals surface area contributed by atoms with Gasteiger partial charge in [0.2, 0.25) is 5.89 Å². The first-order valence-corrected chi connectivity index (χ1v) is 9.47. The van der Waals surface area contributed by atoms with Gasteiger partial charge in [-0.3, -0.25) is 0 Å². The first kappa shape index (κ1) is 20.8. The lowest BCUT2D eigenvalue weighted by molar-refractivity contribution is 0.0856. The van der Waals surface area contributed by atoms with E-state index in [1.165, 1.54) is 12.3 Å². The van der Waals surface area contributed by atoms with Gasteiger partial charge in [0.25, 0.3) is 5.92 Å². The van der Waals surface area contributed by atoms with Crippen LogP contribution in [0.1, 0.15) is 13.3 Å². The van der Waals surface area contributed by atoms with Gasteiger partial charge in [0, 0.05) is 18.6 Å². The second-order valence-electron chi connectivity index (χ2n) is 7.34. The van der Waals surface area contributed by atoms with Crippen molar-refractivity contribution < 1.29 is 31.9 Å². The number of alkyl halides is 2. The monoisotopic (exact) mass is 436 g/mol. The topological polar surface area (TPSA) is 112 Å². The molecule has 2 amide bonds. The zero-order valence-corrected chi connectivity index (χ0v) is 16.4. The molecule has 0 saturated heterocycles. The maximum Gasteiger partial charge on any atom is 0.312 e. The summed E-state index contributed by atoms with van der Waals surface area (Å²) in [6, 6.07) is 4.74. The van der Waals surface area contributed by atoms with Gasteiger partial charge in [0.15, 0.2) is 17.1 Å². The summed E-state index contributed by atoms with van der Waals surface area (Å²) in [5.41, 5.74) is 5.65. The van der Waals surface area contributed by atoms with Crippen LogP contribution in [0.5, 0.6) is 11.5 Å². The van der Waals surface area contributed by atoms with E-state index in [2.05, 4.69) is 15.3 Å². The Morgan fingerprint density at radius 1 is 1.35 bits per heavy atom. The summed E-state index contributed by atoms with van der Waals surface area (Å²) in [6.07, 6.45) is 1.13. The van der Waals surface area contributed by atoms with Crippen LogP contribution in [-0.2, 0) is 0 Å². The molecular weight excluding hydrogens is 417 g/mol. The normalized spacial score (nSPS) is 17.9. The summed E-state index contributed by atoms with van der Waals surface area (Å²) < 4.78 is 56.8. The first-order chi connectivity index (χ1) is 14.7. The number of carbonyl (C=O) groups excluding carboxylic acids is 1. The molecular formula is C20H19F3N4O4. The Morgan fingerprint density at radius 3 is 2.81 bits per heavy atom. The lowest BCUT2D eigenvalue weighted by atomic mass is 10.3. The van der Waals surface area contributed by atoms with E-state index in [-0.39, 0.29) is 43.0 Å². The quantitative estimate of drug-likeness (QED) is 0.559. The third-order valence-electron chi connectivity index (χ3n) is 4.67. The highest BCUT2D eigenvalue weighted by molar-refractivity contribution is 5.77. The Hall–Kier alpha value is -3.50. The number of pyridine rings is 1. The van der Waals surface area contributed by atoms with Crippen LogP contribution in [0.3, 0.4) is 0 Å². The van der Waals surface area contributed by atoms with E-state index in [0.717, 1.165) is 6.07 Å². The number of amides is 2. The highest BCUT2D eigenvalue weighted by Crippen LogP contribution is 2.48. The summed E-state index contributed by atoms with van der Waals surface area (Å²) >= 11 is 0. The number of aromatic nitrogens is 2. The molecule has 1 aromatic carbocycles. The molecule has 1 aliphatic carbocycles. The first-order valence-electron chi connectivity index (χ1n) is 9.47. The van der Waals surface area contributed by atoms with Crippen molar-refractivity contribution in [1.82, 2.24) is 15.3 Å². The van der Waals surface area contributed by atoms with E-state index < -0.39 is 23.7 Å². The van der Waals surface area contributed by atoms with Crippen molar-refractivity contribution in [2.45, 2.75) is 25.3 Å². The molecule has 3 N–H and O–H groups in total. The molecule has 0 aliphatic heterocycles. The molecule has 0 radical (unpaired) electrons.